The van der Waals surface area contributed by atoms with Gasteiger partial charge in [-0.2, -0.15) is 0 Å². The highest BCUT2D eigenvalue weighted by Gasteiger charge is 2.19. The van der Waals surface area contributed by atoms with E-state index in [2.05, 4.69) is 4.98 Å². The second-order valence-electron chi connectivity index (χ2n) is 6.10. The number of hydrogen-bond acceptors (Lipinski definition) is 4. The predicted octanol–water partition coefficient (Wildman–Crippen LogP) is 4.45. The Morgan fingerprint density at radius 3 is 2.92 bits per heavy atom. The molecule has 4 rings (SSSR count). The summed E-state index contributed by atoms with van der Waals surface area (Å²) in [6.07, 6.45) is 2.22. The fraction of sp³-hybridized carbons (Fsp3) is 0.263. The second kappa shape index (κ2) is 7.39. The first-order chi connectivity index (χ1) is 12.6. The van der Waals surface area contributed by atoms with E-state index in [1.807, 2.05) is 12.1 Å². The van der Waals surface area contributed by atoms with Crippen molar-refractivity contribution >= 4 is 34.3 Å². The summed E-state index contributed by atoms with van der Waals surface area (Å²) in [5.74, 6) is 0.186. The second-order valence-corrected chi connectivity index (χ2v) is 7.49. The van der Waals surface area contributed by atoms with Crippen molar-refractivity contribution in [1.29, 1.82) is 0 Å². The molecule has 0 saturated carbocycles. The van der Waals surface area contributed by atoms with Crippen molar-refractivity contribution in [3.8, 4) is 5.69 Å². The first kappa shape index (κ1) is 17.5. The molecule has 0 radical (unpaired) electrons. The lowest BCUT2D eigenvalue weighted by molar-refractivity contribution is 0.129. The molecule has 1 atom stereocenters. The van der Waals surface area contributed by atoms with E-state index in [9.17, 15) is 9.18 Å². The summed E-state index contributed by atoms with van der Waals surface area (Å²) < 4.78 is 20.7. The molecule has 2 aromatic carbocycles. The van der Waals surface area contributed by atoms with Crippen molar-refractivity contribution in [2.45, 2.75) is 24.1 Å². The van der Waals surface area contributed by atoms with Gasteiger partial charge in [-0.25, -0.2) is 9.37 Å². The Balaban J connectivity index is 1.84. The van der Waals surface area contributed by atoms with E-state index in [-0.39, 0.29) is 16.7 Å². The van der Waals surface area contributed by atoms with Gasteiger partial charge in [0.05, 0.1) is 27.7 Å². The highest BCUT2D eigenvalue weighted by molar-refractivity contribution is 7.99. The molecule has 0 unspecified atom stereocenters. The van der Waals surface area contributed by atoms with Gasteiger partial charge in [-0.1, -0.05) is 35.5 Å². The van der Waals surface area contributed by atoms with Crippen LogP contribution in [0.5, 0.6) is 0 Å². The average molecular weight is 391 g/mol. The summed E-state index contributed by atoms with van der Waals surface area (Å²) in [5.41, 5.74) is 0.930. The summed E-state index contributed by atoms with van der Waals surface area (Å²) in [6.45, 7) is 0.775. The quantitative estimate of drug-likeness (QED) is 0.487. The molecule has 7 heteroatoms. The van der Waals surface area contributed by atoms with Gasteiger partial charge in [0.25, 0.3) is 5.56 Å². The smallest absolute Gasteiger partial charge is 0.266 e. The van der Waals surface area contributed by atoms with E-state index in [0.29, 0.717) is 27.5 Å². The number of thioether (sulfide) groups is 1. The lowest BCUT2D eigenvalue weighted by Gasteiger charge is -2.15. The van der Waals surface area contributed by atoms with Crippen molar-refractivity contribution in [2.75, 3.05) is 12.4 Å². The van der Waals surface area contributed by atoms with Crippen LogP contribution in [0.3, 0.4) is 0 Å². The Morgan fingerprint density at radius 2 is 2.15 bits per heavy atom. The Labute approximate surface area is 159 Å². The summed E-state index contributed by atoms with van der Waals surface area (Å²) in [4.78, 5) is 17.7. The van der Waals surface area contributed by atoms with Gasteiger partial charge in [0.2, 0.25) is 0 Å². The predicted molar refractivity (Wildman–Crippen MR) is 102 cm³/mol. The molecule has 1 aliphatic heterocycles. The Hall–Kier alpha value is -1.89. The lowest BCUT2D eigenvalue weighted by Crippen LogP contribution is -2.22. The first-order valence-electron chi connectivity index (χ1n) is 8.35. The van der Waals surface area contributed by atoms with E-state index in [1.54, 1.807) is 12.1 Å². The molecule has 4 nitrogen and oxygen atoms in total. The molecular formula is C19H16ClFN2O2S. The average Bonchev–Trinajstić information content (AvgIpc) is 3.16. The van der Waals surface area contributed by atoms with Crippen LogP contribution in [-0.4, -0.2) is 28.0 Å². The molecular weight excluding hydrogens is 375 g/mol. The third-order valence-electron chi connectivity index (χ3n) is 4.33. The number of halogens is 2. The molecule has 1 aromatic heterocycles. The van der Waals surface area contributed by atoms with Crippen LogP contribution >= 0.6 is 23.4 Å². The van der Waals surface area contributed by atoms with E-state index in [4.69, 9.17) is 16.3 Å². The van der Waals surface area contributed by atoms with Crippen molar-refractivity contribution in [2.24, 2.45) is 0 Å². The minimum atomic E-state index is -0.522. The zero-order valence-corrected chi connectivity index (χ0v) is 15.4. The molecule has 0 spiro atoms. The van der Waals surface area contributed by atoms with Crippen molar-refractivity contribution in [3.05, 3.63) is 63.7 Å². The van der Waals surface area contributed by atoms with E-state index in [1.165, 1.54) is 34.5 Å². The van der Waals surface area contributed by atoms with Gasteiger partial charge in [0, 0.05) is 12.4 Å². The van der Waals surface area contributed by atoms with Gasteiger partial charge in [0.1, 0.15) is 5.82 Å². The number of hydrogen-bond donors (Lipinski definition) is 0. The molecule has 1 saturated heterocycles. The Kier molecular flexibility index (Phi) is 4.98. The van der Waals surface area contributed by atoms with Crippen LogP contribution in [0.1, 0.15) is 12.8 Å². The van der Waals surface area contributed by atoms with E-state index >= 15 is 0 Å². The largest absolute Gasteiger partial charge is 0.377 e. The highest BCUT2D eigenvalue weighted by Crippen LogP contribution is 2.26. The SMILES string of the molecule is O=c1c2ccccc2nc(SC[C@@H]2CCCO2)n1-c1ccc(F)c(Cl)c1. The van der Waals surface area contributed by atoms with Crippen molar-refractivity contribution in [3.63, 3.8) is 0 Å². The van der Waals surface area contributed by atoms with Crippen LogP contribution in [0.25, 0.3) is 16.6 Å². The first-order valence-corrected chi connectivity index (χ1v) is 9.71. The normalized spacial score (nSPS) is 17.1. The zero-order valence-electron chi connectivity index (χ0n) is 13.8. The minimum absolute atomic E-state index is 0.0300. The molecule has 134 valence electrons. The summed E-state index contributed by atoms with van der Waals surface area (Å²) in [5, 5.41) is 1.03. The number of aromatic nitrogens is 2. The molecule has 26 heavy (non-hydrogen) atoms. The molecule has 3 aromatic rings. The Morgan fingerprint density at radius 1 is 1.31 bits per heavy atom. The van der Waals surface area contributed by atoms with Crippen LogP contribution < -0.4 is 5.56 Å². The topological polar surface area (TPSA) is 44.1 Å². The standard InChI is InChI=1S/C19H16ClFN2O2S/c20-15-10-12(7-8-16(15)21)23-18(24)14-5-1-2-6-17(14)22-19(23)26-11-13-4-3-9-25-13/h1-2,5-8,10,13H,3-4,9,11H2/t13-/m0/s1. The molecule has 1 aliphatic rings. The maximum atomic E-state index is 13.6. The molecule has 2 heterocycles. The van der Waals surface area contributed by atoms with Gasteiger partial charge in [-0.05, 0) is 43.2 Å². The third-order valence-corrected chi connectivity index (χ3v) is 5.69. The van der Waals surface area contributed by atoms with Crippen LogP contribution in [0.2, 0.25) is 5.02 Å². The lowest BCUT2D eigenvalue weighted by atomic mass is 10.2. The Bertz CT molecular complexity index is 1020. The van der Waals surface area contributed by atoms with Gasteiger partial charge in [-0.15, -0.1) is 0 Å². The third kappa shape index (κ3) is 3.37. The fourth-order valence-corrected chi connectivity index (χ4v) is 4.26. The molecule has 1 fully saturated rings. The number of nitrogens with zero attached hydrogens (tertiary/aromatic N) is 2. The van der Waals surface area contributed by atoms with E-state index < -0.39 is 5.82 Å². The van der Waals surface area contributed by atoms with E-state index in [0.717, 1.165) is 19.4 Å². The monoisotopic (exact) mass is 390 g/mol. The summed E-state index contributed by atoms with van der Waals surface area (Å²) in [6, 6.07) is 11.4. The number of rotatable bonds is 4. The van der Waals surface area contributed by atoms with Gasteiger partial charge in [0.15, 0.2) is 5.16 Å². The molecule has 0 aliphatic carbocycles. The van der Waals surface area contributed by atoms with Crippen LogP contribution in [-0.2, 0) is 4.74 Å². The van der Waals surface area contributed by atoms with Crippen molar-refractivity contribution in [1.82, 2.24) is 9.55 Å². The highest BCUT2D eigenvalue weighted by atomic mass is 35.5. The maximum absolute atomic E-state index is 13.6. The molecule has 0 N–H and O–H groups in total. The minimum Gasteiger partial charge on any atom is -0.377 e. The number of para-hydroxylation sites is 1. The van der Waals surface area contributed by atoms with Crippen LogP contribution in [0.15, 0.2) is 52.4 Å². The molecule has 0 bridgehead atoms. The maximum Gasteiger partial charge on any atom is 0.266 e. The summed E-state index contributed by atoms with van der Waals surface area (Å²) >= 11 is 7.40. The molecule has 0 amide bonds. The number of benzene rings is 2. The van der Waals surface area contributed by atoms with Gasteiger partial charge in [-0.3, -0.25) is 9.36 Å². The number of ether oxygens (including phenoxy) is 1. The number of fused-ring (bicyclic) bond motifs is 1. The van der Waals surface area contributed by atoms with Gasteiger partial charge >= 0.3 is 0 Å². The van der Waals surface area contributed by atoms with Crippen LogP contribution in [0, 0.1) is 5.82 Å². The van der Waals surface area contributed by atoms with Crippen molar-refractivity contribution < 1.29 is 9.13 Å². The van der Waals surface area contributed by atoms with Gasteiger partial charge < -0.3 is 4.74 Å². The fourth-order valence-electron chi connectivity index (χ4n) is 3.00. The van der Waals surface area contributed by atoms with Crippen LogP contribution in [0.4, 0.5) is 4.39 Å². The zero-order chi connectivity index (χ0) is 18.1. The summed E-state index contributed by atoms with van der Waals surface area (Å²) in [7, 11) is 0.